The van der Waals surface area contributed by atoms with Gasteiger partial charge in [0.15, 0.2) is 22.9 Å². The number of aromatic hydroxyl groups is 1. The number of aliphatic hydroxyl groups excluding tert-OH is 2. The highest BCUT2D eigenvalue weighted by atomic mass is 16.5. The van der Waals surface area contributed by atoms with Gasteiger partial charge in [0.05, 0.1) is 32.9 Å². The topological polar surface area (TPSA) is 189 Å². The lowest BCUT2D eigenvalue weighted by Gasteiger charge is -2.59. The number of hydrogen-bond acceptors (Lipinski definition) is 11. The van der Waals surface area contributed by atoms with E-state index < -0.39 is 57.0 Å². The maximum atomic E-state index is 14.4. The van der Waals surface area contributed by atoms with Crippen molar-refractivity contribution in [2.45, 2.75) is 38.3 Å². The SMILES string of the molecule is COc1cc(-c2ccc(O)c3c2C[C@@]2(C)C[C@@]4(C)[C@H](N(C)C)C(=O)C(C(N)=O)=C(O)[C@@]4(O)C(=O)C2=C3O)cc(OC)c1OC. The van der Waals surface area contributed by atoms with Gasteiger partial charge in [-0.2, -0.15) is 0 Å². The van der Waals surface area contributed by atoms with Gasteiger partial charge >= 0.3 is 0 Å². The molecule has 5 rings (SSSR count). The number of aliphatic hydroxyl groups is 3. The summed E-state index contributed by atoms with van der Waals surface area (Å²) in [5.41, 5.74) is 0.306. The molecule has 234 valence electrons. The zero-order valence-electron chi connectivity index (χ0n) is 25.6. The Hall–Kier alpha value is -4.55. The molecular formula is C32H36N2O10. The van der Waals surface area contributed by atoms with Crippen molar-refractivity contribution in [3.05, 3.63) is 52.3 Å². The van der Waals surface area contributed by atoms with Crippen LogP contribution in [0.2, 0.25) is 0 Å². The van der Waals surface area contributed by atoms with Crippen LogP contribution in [0.25, 0.3) is 16.9 Å². The molecule has 2 aromatic carbocycles. The minimum Gasteiger partial charge on any atom is -0.508 e. The van der Waals surface area contributed by atoms with E-state index >= 15 is 0 Å². The summed E-state index contributed by atoms with van der Waals surface area (Å²) >= 11 is 0. The number of carbonyl (C=O) groups excluding carboxylic acids is 3. The number of ether oxygens (including phenoxy) is 3. The lowest BCUT2D eigenvalue weighted by atomic mass is 9.46. The van der Waals surface area contributed by atoms with Gasteiger partial charge in [-0.05, 0) is 61.8 Å². The van der Waals surface area contributed by atoms with Gasteiger partial charge in [-0.3, -0.25) is 19.3 Å². The fourth-order valence-corrected chi connectivity index (χ4v) is 7.83. The van der Waals surface area contributed by atoms with Gasteiger partial charge in [-0.1, -0.05) is 19.9 Å². The second-order valence-corrected chi connectivity index (χ2v) is 12.3. The van der Waals surface area contributed by atoms with Crippen molar-refractivity contribution in [3.8, 4) is 34.1 Å². The summed E-state index contributed by atoms with van der Waals surface area (Å²) in [6.45, 7) is 3.22. The van der Waals surface area contributed by atoms with Crippen molar-refractivity contribution in [3.63, 3.8) is 0 Å². The van der Waals surface area contributed by atoms with E-state index in [4.69, 9.17) is 19.9 Å². The number of rotatable bonds is 6. The standard InChI is InChI=1S/C32H36N2O10/c1-30-12-16-15(14-10-18(42-5)25(44-7)19(11-14)43-6)8-9-17(35)20(16)23(36)22(30)28(39)32(41)27(38)21(29(33)40)24(37)26(34(3)4)31(32,2)13-30/h8-11,26,35-36,38,41H,12-13H2,1-7H3,(H2,33,40)/t26-,30+,31+,32-/m1/s1. The van der Waals surface area contributed by atoms with Gasteiger partial charge in [0, 0.05) is 16.4 Å². The van der Waals surface area contributed by atoms with Crippen LogP contribution in [0.3, 0.4) is 0 Å². The molecule has 12 nitrogen and oxygen atoms in total. The number of phenolic OH excluding ortho intramolecular Hbond substituents is 1. The molecule has 1 amide bonds. The Bertz CT molecular complexity index is 1680. The van der Waals surface area contributed by atoms with Crippen LogP contribution in [0.15, 0.2) is 41.2 Å². The number of nitrogens with two attached hydrogens (primary N) is 1. The molecule has 0 aromatic heterocycles. The lowest BCUT2D eigenvalue weighted by Crippen LogP contribution is -2.72. The summed E-state index contributed by atoms with van der Waals surface area (Å²) in [6.07, 6.45) is -0.00284. The minimum absolute atomic E-state index is 0.0288. The van der Waals surface area contributed by atoms with Gasteiger partial charge in [-0.15, -0.1) is 0 Å². The van der Waals surface area contributed by atoms with Crippen LogP contribution in [0.4, 0.5) is 0 Å². The third-order valence-electron chi connectivity index (χ3n) is 9.49. The Balaban J connectivity index is 1.82. The van der Waals surface area contributed by atoms with Crippen molar-refractivity contribution in [2.24, 2.45) is 16.6 Å². The molecule has 2 aromatic rings. The summed E-state index contributed by atoms with van der Waals surface area (Å²) in [4.78, 5) is 41.8. The number of hydrogen-bond donors (Lipinski definition) is 5. The number of primary amides is 1. The van der Waals surface area contributed by atoms with Gasteiger partial charge in [-0.25, -0.2) is 0 Å². The Labute approximate surface area is 253 Å². The van der Waals surface area contributed by atoms with Crippen LogP contribution in [0, 0.1) is 10.8 Å². The molecule has 0 saturated heterocycles. The van der Waals surface area contributed by atoms with Crippen molar-refractivity contribution in [1.82, 2.24) is 4.90 Å². The summed E-state index contributed by atoms with van der Waals surface area (Å²) < 4.78 is 16.5. The van der Waals surface area contributed by atoms with E-state index in [1.807, 2.05) is 0 Å². The smallest absolute Gasteiger partial charge is 0.255 e. The van der Waals surface area contributed by atoms with E-state index in [0.717, 1.165) is 0 Å². The van der Waals surface area contributed by atoms with E-state index in [9.17, 15) is 34.8 Å². The third-order valence-corrected chi connectivity index (χ3v) is 9.49. The van der Waals surface area contributed by atoms with E-state index in [0.29, 0.717) is 33.9 Å². The number of ketones is 2. The van der Waals surface area contributed by atoms with Crippen LogP contribution in [-0.4, -0.2) is 89.9 Å². The number of Topliss-reactive ketones (excluding diaryl/α,β-unsaturated/α-hetero) is 2. The summed E-state index contributed by atoms with van der Waals surface area (Å²) in [5, 5.41) is 46.1. The van der Waals surface area contributed by atoms with Gasteiger partial charge in [0.25, 0.3) is 5.91 Å². The van der Waals surface area contributed by atoms with Crippen LogP contribution in [-0.2, 0) is 20.8 Å². The minimum atomic E-state index is -2.79. The second-order valence-electron chi connectivity index (χ2n) is 12.3. The molecule has 6 N–H and O–H groups in total. The van der Waals surface area contributed by atoms with Crippen LogP contribution in [0.5, 0.6) is 23.0 Å². The Morgan fingerprint density at radius 2 is 1.59 bits per heavy atom. The number of carbonyl (C=O) groups is 3. The Kier molecular flexibility index (Phi) is 7.02. The number of phenols is 1. The maximum absolute atomic E-state index is 14.4. The molecule has 1 fully saturated rings. The predicted octanol–water partition coefficient (Wildman–Crippen LogP) is 2.44. The van der Waals surface area contributed by atoms with Crippen molar-refractivity contribution < 1.29 is 49.0 Å². The molecule has 0 aliphatic heterocycles. The molecule has 0 radical (unpaired) electrons. The Morgan fingerprint density at radius 1 is 1.00 bits per heavy atom. The summed E-state index contributed by atoms with van der Waals surface area (Å²) in [7, 11) is 7.55. The molecule has 1 saturated carbocycles. The van der Waals surface area contributed by atoms with E-state index in [1.165, 1.54) is 39.2 Å². The molecule has 12 heteroatoms. The number of fused-ring (bicyclic) bond motifs is 3. The lowest BCUT2D eigenvalue weighted by molar-refractivity contribution is -0.175. The van der Waals surface area contributed by atoms with Gasteiger partial charge < -0.3 is 40.4 Å². The molecule has 3 aliphatic carbocycles. The molecule has 0 unspecified atom stereocenters. The Morgan fingerprint density at radius 3 is 2.09 bits per heavy atom. The highest BCUT2D eigenvalue weighted by Crippen LogP contribution is 2.63. The second kappa shape index (κ2) is 10.00. The maximum Gasteiger partial charge on any atom is 0.255 e. The van der Waals surface area contributed by atoms with Crippen molar-refractivity contribution >= 4 is 23.2 Å². The first kappa shape index (κ1) is 30.9. The average Bonchev–Trinajstić information content (AvgIpc) is 2.93. The van der Waals surface area contributed by atoms with Crippen molar-refractivity contribution in [1.29, 1.82) is 0 Å². The fourth-order valence-electron chi connectivity index (χ4n) is 7.83. The molecule has 0 spiro atoms. The van der Waals surface area contributed by atoms with Gasteiger partial charge in [0.2, 0.25) is 11.5 Å². The first-order valence-corrected chi connectivity index (χ1v) is 13.8. The number of methoxy groups -OCH3 is 3. The number of likely N-dealkylation sites (N-methyl/N-ethyl adjacent to an activating group) is 1. The van der Waals surface area contributed by atoms with Crippen LogP contribution >= 0.6 is 0 Å². The van der Waals surface area contributed by atoms with E-state index in [2.05, 4.69) is 0 Å². The molecule has 3 aliphatic rings. The molecule has 0 bridgehead atoms. The first-order valence-electron chi connectivity index (χ1n) is 13.8. The van der Waals surface area contributed by atoms with E-state index in [-0.39, 0.29) is 29.7 Å². The molecule has 4 atom stereocenters. The quantitative estimate of drug-likeness (QED) is 0.303. The summed E-state index contributed by atoms with van der Waals surface area (Å²) in [5.74, 6) is -4.16. The number of benzene rings is 2. The average molecular weight is 609 g/mol. The molecular weight excluding hydrogens is 572 g/mol. The van der Waals surface area contributed by atoms with Gasteiger partial charge in [0.1, 0.15) is 22.8 Å². The zero-order valence-corrected chi connectivity index (χ0v) is 25.6. The predicted molar refractivity (Wildman–Crippen MR) is 159 cm³/mol. The molecule has 44 heavy (non-hydrogen) atoms. The van der Waals surface area contributed by atoms with Crippen molar-refractivity contribution in [2.75, 3.05) is 35.4 Å². The molecule has 0 heterocycles. The highest BCUT2D eigenvalue weighted by molar-refractivity contribution is 6.25. The largest absolute Gasteiger partial charge is 0.508 e. The fraction of sp³-hybridized carbons (Fsp3) is 0.406. The van der Waals surface area contributed by atoms with Crippen LogP contribution < -0.4 is 19.9 Å². The monoisotopic (exact) mass is 608 g/mol. The van der Waals surface area contributed by atoms with E-state index in [1.54, 1.807) is 39.2 Å². The first-order chi connectivity index (χ1) is 20.5. The number of nitrogens with zero attached hydrogens (tertiary/aromatic N) is 1. The summed E-state index contributed by atoms with van der Waals surface area (Å²) in [6, 6.07) is 5.23. The third kappa shape index (κ3) is 3.80. The van der Waals surface area contributed by atoms with Crippen LogP contribution in [0.1, 0.15) is 31.4 Å². The highest BCUT2D eigenvalue weighted by Gasteiger charge is 2.72. The normalized spacial score (nSPS) is 28.0. The number of amides is 1. The zero-order chi connectivity index (χ0) is 32.7.